The Morgan fingerprint density at radius 3 is 2.78 bits per heavy atom. The van der Waals surface area contributed by atoms with Gasteiger partial charge < -0.3 is 10.2 Å². The number of hydrogen-bond donors (Lipinski definition) is 1. The molecule has 8 heteroatoms. The topological polar surface area (TPSA) is 49.4 Å². The zero-order valence-corrected chi connectivity index (χ0v) is 13.1. The fraction of sp³-hybridized carbons (Fsp3) is 0.333. The van der Waals surface area contributed by atoms with Crippen LogP contribution >= 0.6 is 11.8 Å². The van der Waals surface area contributed by atoms with Crippen molar-refractivity contribution < 1.29 is 22.8 Å². The average molecular weight is 344 g/mol. The number of anilines is 1. The standard InChI is InChI=1S/C15H15F3N2O2S/c1-3-6-20(8-15(16,17)18)14(22)10-4-5-12-11(7-10)19-13(21)9(2)23-12/h3-5,7,9H,1,6,8H2,2H3,(H,19,21). The van der Waals surface area contributed by atoms with Crippen molar-refractivity contribution >= 4 is 29.3 Å². The highest BCUT2D eigenvalue weighted by Crippen LogP contribution is 2.36. The molecule has 2 amide bonds. The van der Waals surface area contributed by atoms with E-state index in [1.807, 2.05) is 0 Å². The summed E-state index contributed by atoms with van der Waals surface area (Å²) in [6.07, 6.45) is -3.26. The summed E-state index contributed by atoms with van der Waals surface area (Å²) in [4.78, 5) is 25.4. The highest BCUT2D eigenvalue weighted by molar-refractivity contribution is 8.00. The van der Waals surface area contributed by atoms with E-state index >= 15 is 0 Å². The van der Waals surface area contributed by atoms with Gasteiger partial charge in [-0.3, -0.25) is 9.59 Å². The molecule has 0 saturated carbocycles. The Morgan fingerprint density at radius 2 is 2.17 bits per heavy atom. The minimum absolute atomic E-state index is 0.0882. The molecule has 0 fully saturated rings. The molecule has 1 heterocycles. The third kappa shape index (κ3) is 4.28. The lowest BCUT2D eigenvalue weighted by molar-refractivity contribution is -0.139. The van der Waals surface area contributed by atoms with Crippen molar-refractivity contribution in [3.05, 3.63) is 36.4 Å². The lowest BCUT2D eigenvalue weighted by atomic mass is 10.1. The zero-order chi connectivity index (χ0) is 17.2. The Hall–Kier alpha value is -1.96. The van der Waals surface area contributed by atoms with Crippen LogP contribution < -0.4 is 5.32 Å². The van der Waals surface area contributed by atoms with E-state index in [1.165, 1.54) is 30.0 Å². The molecular weight excluding hydrogens is 329 g/mol. The van der Waals surface area contributed by atoms with E-state index < -0.39 is 18.6 Å². The number of fused-ring (bicyclic) bond motifs is 1. The molecule has 1 aliphatic rings. The Balaban J connectivity index is 2.26. The molecule has 0 aliphatic carbocycles. The van der Waals surface area contributed by atoms with E-state index in [1.54, 1.807) is 13.0 Å². The van der Waals surface area contributed by atoms with Crippen LogP contribution in [0, 0.1) is 0 Å². The number of amides is 2. The molecule has 1 aliphatic heterocycles. The summed E-state index contributed by atoms with van der Waals surface area (Å²) >= 11 is 1.34. The Morgan fingerprint density at radius 1 is 1.48 bits per heavy atom. The number of hydrogen-bond acceptors (Lipinski definition) is 3. The smallest absolute Gasteiger partial charge is 0.326 e. The van der Waals surface area contributed by atoms with Gasteiger partial charge in [0.15, 0.2) is 0 Å². The monoisotopic (exact) mass is 344 g/mol. The molecule has 124 valence electrons. The molecule has 0 spiro atoms. The molecule has 1 aromatic rings. The van der Waals surface area contributed by atoms with Crippen LogP contribution in [-0.4, -0.2) is 41.2 Å². The van der Waals surface area contributed by atoms with E-state index in [0.717, 1.165) is 4.90 Å². The van der Waals surface area contributed by atoms with Crippen LogP contribution in [0.15, 0.2) is 35.7 Å². The van der Waals surface area contributed by atoms with Gasteiger partial charge in [0.05, 0.1) is 10.9 Å². The number of carbonyl (C=O) groups excluding carboxylic acids is 2. The number of thioether (sulfide) groups is 1. The summed E-state index contributed by atoms with van der Waals surface area (Å²) in [5.74, 6) is -0.965. The Kier molecular flexibility index (Phi) is 5.03. The van der Waals surface area contributed by atoms with Crippen LogP contribution in [0.2, 0.25) is 0 Å². The highest BCUT2D eigenvalue weighted by atomic mass is 32.2. The largest absolute Gasteiger partial charge is 0.406 e. The van der Waals surface area contributed by atoms with Crippen LogP contribution in [0.4, 0.5) is 18.9 Å². The molecule has 1 atom stereocenters. The van der Waals surface area contributed by atoms with Gasteiger partial charge in [-0.1, -0.05) is 6.08 Å². The van der Waals surface area contributed by atoms with Crippen LogP contribution in [0.1, 0.15) is 17.3 Å². The second-order valence-electron chi connectivity index (χ2n) is 5.05. The van der Waals surface area contributed by atoms with Crippen molar-refractivity contribution in [2.45, 2.75) is 23.2 Å². The molecule has 2 rings (SSSR count). The third-order valence-corrected chi connectivity index (χ3v) is 4.34. The second kappa shape index (κ2) is 6.66. The summed E-state index contributed by atoms with van der Waals surface area (Å²) in [5, 5.41) is 2.39. The number of carbonyl (C=O) groups is 2. The Bertz CT molecular complexity index is 646. The van der Waals surface area contributed by atoms with Gasteiger partial charge in [-0.25, -0.2) is 0 Å². The second-order valence-corrected chi connectivity index (χ2v) is 6.43. The number of nitrogens with zero attached hydrogens (tertiary/aromatic N) is 1. The molecular formula is C15H15F3N2O2S. The summed E-state index contributed by atoms with van der Waals surface area (Å²) in [6, 6.07) is 4.49. The van der Waals surface area contributed by atoms with Crippen molar-refractivity contribution in [2.24, 2.45) is 0 Å². The van der Waals surface area contributed by atoms with Crippen LogP contribution in [-0.2, 0) is 4.79 Å². The molecule has 23 heavy (non-hydrogen) atoms. The van der Waals surface area contributed by atoms with Crippen molar-refractivity contribution in [2.75, 3.05) is 18.4 Å². The lowest BCUT2D eigenvalue weighted by Gasteiger charge is -2.25. The number of benzene rings is 1. The number of nitrogens with one attached hydrogen (secondary N) is 1. The fourth-order valence-electron chi connectivity index (χ4n) is 2.12. The van der Waals surface area contributed by atoms with Crippen LogP contribution in [0.3, 0.4) is 0 Å². The van der Waals surface area contributed by atoms with Gasteiger partial charge in [0.25, 0.3) is 5.91 Å². The van der Waals surface area contributed by atoms with Crippen molar-refractivity contribution in [3.63, 3.8) is 0 Å². The predicted octanol–water partition coefficient (Wildman–Crippen LogP) is 3.31. The first-order valence-electron chi connectivity index (χ1n) is 6.80. The lowest BCUT2D eigenvalue weighted by Crippen LogP contribution is -2.39. The molecule has 0 radical (unpaired) electrons. The summed E-state index contributed by atoms with van der Waals surface area (Å²) in [5.41, 5.74) is 0.528. The summed E-state index contributed by atoms with van der Waals surface area (Å²) in [6.45, 7) is 3.55. The van der Waals surface area contributed by atoms with Gasteiger partial charge >= 0.3 is 6.18 Å². The summed E-state index contributed by atoms with van der Waals surface area (Å²) < 4.78 is 37.8. The van der Waals surface area contributed by atoms with E-state index in [2.05, 4.69) is 11.9 Å². The minimum atomic E-state index is -4.49. The molecule has 4 nitrogen and oxygen atoms in total. The molecule has 0 aromatic heterocycles. The van der Waals surface area contributed by atoms with Gasteiger partial charge in [-0.15, -0.1) is 18.3 Å². The number of halogens is 3. The number of rotatable bonds is 4. The van der Waals surface area contributed by atoms with Crippen LogP contribution in [0.25, 0.3) is 0 Å². The van der Waals surface area contributed by atoms with Crippen LogP contribution in [0.5, 0.6) is 0 Å². The first-order chi connectivity index (χ1) is 10.7. The average Bonchev–Trinajstić information content (AvgIpc) is 2.45. The first-order valence-corrected chi connectivity index (χ1v) is 7.67. The van der Waals surface area contributed by atoms with Crippen molar-refractivity contribution in [1.29, 1.82) is 0 Å². The maximum absolute atomic E-state index is 12.6. The maximum atomic E-state index is 12.6. The quantitative estimate of drug-likeness (QED) is 0.853. The molecule has 0 saturated heterocycles. The van der Waals surface area contributed by atoms with Crippen molar-refractivity contribution in [3.8, 4) is 0 Å². The van der Waals surface area contributed by atoms with Gasteiger partial charge in [0, 0.05) is 17.0 Å². The van der Waals surface area contributed by atoms with Gasteiger partial charge in [-0.2, -0.15) is 13.2 Å². The fourth-order valence-corrected chi connectivity index (χ4v) is 3.05. The van der Waals surface area contributed by atoms with Gasteiger partial charge in [-0.05, 0) is 25.1 Å². The molecule has 1 N–H and O–H groups in total. The molecule has 1 unspecified atom stereocenters. The minimum Gasteiger partial charge on any atom is -0.326 e. The predicted molar refractivity (Wildman–Crippen MR) is 82.5 cm³/mol. The van der Waals surface area contributed by atoms with E-state index in [4.69, 9.17) is 0 Å². The maximum Gasteiger partial charge on any atom is 0.406 e. The van der Waals surface area contributed by atoms with Crippen molar-refractivity contribution in [1.82, 2.24) is 4.90 Å². The SMILES string of the molecule is C=CCN(CC(F)(F)F)C(=O)c1ccc2c(c1)NC(=O)C(C)S2. The van der Waals surface area contributed by atoms with Gasteiger partial charge in [0.2, 0.25) is 5.91 Å². The summed E-state index contributed by atoms with van der Waals surface area (Å²) in [7, 11) is 0. The molecule has 1 aromatic carbocycles. The normalized spacial score (nSPS) is 17.2. The van der Waals surface area contributed by atoms with E-state index in [-0.39, 0.29) is 23.3 Å². The van der Waals surface area contributed by atoms with E-state index in [0.29, 0.717) is 10.6 Å². The van der Waals surface area contributed by atoms with Gasteiger partial charge in [0.1, 0.15) is 6.54 Å². The first kappa shape index (κ1) is 17.4. The zero-order valence-electron chi connectivity index (χ0n) is 12.3. The number of alkyl halides is 3. The highest BCUT2D eigenvalue weighted by Gasteiger charge is 2.33. The van der Waals surface area contributed by atoms with E-state index in [9.17, 15) is 22.8 Å². The Labute approximate surface area is 135 Å². The third-order valence-electron chi connectivity index (χ3n) is 3.16. The molecule has 0 bridgehead atoms.